The highest BCUT2D eigenvalue weighted by Crippen LogP contribution is 2.23. The molecule has 3 aromatic rings. The van der Waals surface area contributed by atoms with Crippen molar-refractivity contribution in [1.29, 1.82) is 0 Å². The van der Waals surface area contributed by atoms with Gasteiger partial charge < -0.3 is 5.32 Å². The maximum Gasteiger partial charge on any atom is 0.228 e. The van der Waals surface area contributed by atoms with Crippen LogP contribution in [0.1, 0.15) is 34.5 Å². The van der Waals surface area contributed by atoms with Crippen LogP contribution in [0.5, 0.6) is 0 Å². The van der Waals surface area contributed by atoms with E-state index in [1.165, 1.54) is 24.0 Å². The third-order valence-electron chi connectivity index (χ3n) is 4.91. The molecule has 1 N–H and O–H groups in total. The quantitative estimate of drug-likeness (QED) is 0.772. The number of aromatic nitrogens is 2. The molecule has 0 saturated heterocycles. The molecule has 1 aliphatic carbocycles. The summed E-state index contributed by atoms with van der Waals surface area (Å²) in [6.07, 6.45) is 3.93. The Bertz CT molecular complexity index is 971. The summed E-state index contributed by atoms with van der Waals surface area (Å²) in [4.78, 5) is 12.5. The highest BCUT2D eigenvalue weighted by molar-refractivity contribution is 5.92. The summed E-state index contributed by atoms with van der Waals surface area (Å²) in [5.74, 6) is 0.00784. The fourth-order valence-electron chi connectivity index (χ4n) is 3.73. The standard InChI is InChI=1S/C22H23N3O/c1-15-11-16(2)25(24-15)21-8-4-7-20(14-21)23-22(26)13-17-9-10-18-5-3-6-19(18)12-17/h4,7-12,14H,3,5-6,13H2,1-2H3,(H,23,26). The first-order valence-electron chi connectivity index (χ1n) is 9.13. The molecule has 132 valence electrons. The van der Waals surface area contributed by atoms with Crippen molar-refractivity contribution in [2.45, 2.75) is 39.5 Å². The molecule has 1 aromatic heterocycles. The van der Waals surface area contributed by atoms with Gasteiger partial charge in [0, 0.05) is 11.4 Å². The molecule has 4 nitrogen and oxygen atoms in total. The van der Waals surface area contributed by atoms with Crippen molar-refractivity contribution in [3.63, 3.8) is 0 Å². The van der Waals surface area contributed by atoms with E-state index in [2.05, 4.69) is 28.6 Å². The average molecular weight is 345 g/mol. The van der Waals surface area contributed by atoms with Crippen molar-refractivity contribution in [1.82, 2.24) is 9.78 Å². The van der Waals surface area contributed by atoms with Gasteiger partial charge >= 0.3 is 0 Å². The monoisotopic (exact) mass is 345 g/mol. The van der Waals surface area contributed by atoms with Gasteiger partial charge in [-0.1, -0.05) is 24.3 Å². The van der Waals surface area contributed by atoms with E-state index < -0.39 is 0 Å². The van der Waals surface area contributed by atoms with Crippen LogP contribution in [0.15, 0.2) is 48.5 Å². The first-order chi connectivity index (χ1) is 12.6. The van der Waals surface area contributed by atoms with Gasteiger partial charge in [0.1, 0.15) is 0 Å². The van der Waals surface area contributed by atoms with Crippen LogP contribution in [0.3, 0.4) is 0 Å². The molecule has 1 aliphatic rings. The van der Waals surface area contributed by atoms with Gasteiger partial charge in [-0.15, -0.1) is 0 Å². The van der Waals surface area contributed by atoms with Crippen molar-refractivity contribution in [2.75, 3.05) is 5.32 Å². The molecule has 0 spiro atoms. The zero-order valence-electron chi connectivity index (χ0n) is 15.2. The first-order valence-corrected chi connectivity index (χ1v) is 9.13. The summed E-state index contributed by atoms with van der Waals surface area (Å²) in [5, 5.41) is 7.52. The Hall–Kier alpha value is -2.88. The second kappa shape index (κ2) is 6.79. The van der Waals surface area contributed by atoms with Crippen LogP contribution >= 0.6 is 0 Å². The van der Waals surface area contributed by atoms with Gasteiger partial charge in [-0.2, -0.15) is 5.10 Å². The Morgan fingerprint density at radius 1 is 1.08 bits per heavy atom. The van der Waals surface area contributed by atoms with Crippen LogP contribution in [-0.4, -0.2) is 15.7 Å². The largest absolute Gasteiger partial charge is 0.326 e. The minimum absolute atomic E-state index is 0.00784. The Morgan fingerprint density at radius 2 is 1.92 bits per heavy atom. The molecule has 2 aromatic carbocycles. The normalized spacial score (nSPS) is 12.8. The predicted molar refractivity (Wildman–Crippen MR) is 104 cm³/mol. The van der Waals surface area contributed by atoms with Crippen LogP contribution in [0, 0.1) is 13.8 Å². The molecule has 26 heavy (non-hydrogen) atoms. The second-order valence-corrected chi connectivity index (χ2v) is 7.07. The highest BCUT2D eigenvalue weighted by atomic mass is 16.1. The van der Waals surface area contributed by atoms with E-state index in [9.17, 15) is 4.79 Å². The Balaban J connectivity index is 1.48. The molecule has 0 radical (unpaired) electrons. The van der Waals surface area contributed by atoms with Crippen molar-refractivity contribution >= 4 is 11.6 Å². The van der Waals surface area contributed by atoms with Gasteiger partial charge in [0.15, 0.2) is 0 Å². The summed E-state index contributed by atoms with van der Waals surface area (Å²) < 4.78 is 1.89. The molecule has 0 saturated carbocycles. The van der Waals surface area contributed by atoms with Gasteiger partial charge in [-0.3, -0.25) is 4.79 Å². The third-order valence-corrected chi connectivity index (χ3v) is 4.91. The topological polar surface area (TPSA) is 46.9 Å². The van der Waals surface area contributed by atoms with E-state index in [0.717, 1.165) is 34.7 Å². The maximum atomic E-state index is 12.5. The lowest BCUT2D eigenvalue weighted by Crippen LogP contribution is -2.15. The molecule has 0 bridgehead atoms. The van der Waals surface area contributed by atoms with Crippen LogP contribution in [0.4, 0.5) is 5.69 Å². The molecule has 4 heteroatoms. The number of aryl methyl sites for hydroxylation is 4. The Kier molecular flexibility index (Phi) is 4.33. The van der Waals surface area contributed by atoms with Gasteiger partial charge in [-0.25, -0.2) is 4.68 Å². The number of fused-ring (bicyclic) bond motifs is 1. The number of anilines is 1. The van der Waals surface area contributed by atoms with Gasteiger partial charge in [0.05, 0.1) is 17.8 Å². The third kappa shape index (κ3) is 3.40. The summed E-state index contributed by atoms with van der Waals surface area (Å²) in [7, 11) is 0. The van der Waals surface area contributed by atoms with Gasteiger partial charge in [-0.05, 0) is 74.1 Å². The predicted octanol–water partition coefficient (Wildman–Crippen LogP) is 4.16. The lowest BCUT2D eigenvalue weighted by molar-refractivity contribution is -0.115. The van der Waals surface area contributed by atoms with E-state index in [1.54, 1.807) is 0 Å². The van der Waals surface area contributed by atoms with Crippen molar-refractivity contribution < 1.29 is 4.79 Å². The number of amides is 1. The molecule has 4 rings (SSSR count). The SMILES string of the molecule is Cc1cc(C)n(-c2cccc(NC(=O)Cc3ccc4c(c3)CCC4)c2)n1. The Morgan fingerprint density at radius 3 is 2.73 bits per heavy atom. The molecule has 1 heterocycles. The van der Waals surface area contributed by atoms with Crippen molar-refractivity contribution in [3.05, 3.63) is 76.6 Å². The number of rotatable bonds is 4. The molecule has 0 fully saturated rings. The minimum atomic E-state index is 0.00784. The zero-order valence-corrected chi connectivity index (χ0v) is 15.2. The maximum absolute atomic E-state index is 12.5. The van der Waals surface area contributed by atoms with Gasteiger partial charge in [0.25, 0.3) is 0 Å². The number of benzene rings is 2. The van der Waals surface area contributed by atoms with Crippen molar-refractivity contribution in [3.8, 4) is 5.69 Å². The highest BCUT2D eigenvalue weighted by Gasteiger charge is 2.12. The van der Waals surface area contributed by atoms with Crippen LogP contribution in [0.2, 0.25) is 0 Å². The molecule has 0 unspecified atom stereocenters. The van der Waals surface area contributed by atoms with E-state index in [4.69, 9.17) is 0 Å². The van der Waals surface area contributed by atoms with Crippen LogP contribution < -0.4 is 5.32 Å². The second-order valence-electron chi connectivity index (χ2n) is 7.07. The molecule has 0 atom stereocenters. The summed E-state index contributed by atoms with van der Waals surface area (Å²) >= 11 is 0. The number of carbonyl (C=O) groups excluding carboxylic acids is 1. The average Bonchev–Trinajstić information content (AvgIpc) is 3.20. The minimum Gasteiger partial charge on any atom is -0.326 e. The van der Waals surface area contributed by atoms with E-state index >= 15 is 0 Å². The molecular weight excluding hydrogens is 322 g/mol. The number of carbonyl (C=O) groups is 1. The lowest BCUT2D eigenvalue weighted by atomic mass is 10.0. The van der Waals surface area contributed by atoms with E-state index in [0.29, 0.717) is 6.42 Å². The smallest absolute Gasteiger partial charge is 0.228 e. The lowest BCUT2D eigenvalue weighted by Gasteiger charge is -2.10. The summed E-state index contributed by atoms with van der Waals surface area (Å²) in [6, 6.07) is 16.3. The number of hydrogen-bond donors (Lipinski definition) is 1. The fraction of sp³-hybridized carbons (Fsp3) is 0.273. The number of nitrogens with one attached hydrogen (secondary N) is 1. The first kappa shape index (κ1) is 16.6. The molecular formula is C22H23N3O. The van der Waals surface area contributed by atoms with Gasteiger partial charge in [0.2, 0.25) is 5.91 Å². The fourth-order valence-corrected chi connectivity index (χ4v) is 3.73. The zero-order chi connectivity index (χ0) is 18.1. The van der Waals surface area contributed by atoms with E-state index in [-0.39, 0.29) is 5.91 Å². The summed E-state index contributed by atoms with van der Waals surface area (Å²) in [6.45, 7) is 4.00. The summed E-state index contributed by atoms with van der Waals surface area (Å²) in [5.41, 5.74) is 7.72. The van der Waals surface area contributed by atoms with Crippen molar-refractivity contribution in [2.24, 2.45) is 0 Å². The Labute approximate surface area is 153 Å². The number of hydrogen-bond acceptors (Lipinski definition) is 2. The number of nitrogens with zero attached hydrogens (tertiary/aromatic N) is 2. The van der Waals surface area contributed by atoms with Crippen LogP contribution in [0.25, 0.3) is 5.69 Å². The van der Waals surface area contributed by atoms with E-state index in [1.807, 2.05) is 48.9 Å². The molecule has 1 amide bonds. The van der Waals surface area contributed by atoms with Crippen LogP contribution in [-0.2, 0) is 24.1 Å². The molecule has 0 aliphatic heterocycles.